The molecule has 1 aromatic carbocycles. The predicted octanol–water partition coefficient (Wildman–Crippen LogP) is 3.08. The molecule has 1 saturated heterocycles. The minimum Gasteiger partial charge on any atom is -0.439 e. The summed E-state index contributed by atoms with van der Waals surface area (Å²) in [6.45, 7) is 9.78. The number of rotatable bonds is 2. The van der Waals surface area contributed by atoms with E-state index in [0.29, 0.717) is 5.56 Å². The van der Waals surface area contributed by atoms with Gasteiger partial charge in [-0.2, -0.15) is 0 Å². The minimum absolute atomic E-state index is 0.0116. The van der Waals surface area contributed by atoms with Gasteiger partial charge in [-0.3, -0.25) is 9.69 Å². The maximum atomic E-state index is 12.9. The van der Waals surface area contributed by atoms with E-state index in [-0.39, 0.29) is 23.2 Å². The Morgan fingerprint density at radius 2 is 1.76 bits per heavy atom. The highest BCUT2D eigenvalue weighted by Gasteiger charge is 2.50. The van der Waals surface area contributed by atoms with Gasteiger partial charge in [0, 0.05) is 11.0 Å². The zero-order chi connectivity index (χ0) is 15.8. The molecule has 0 aromatic heterocycles. The Balaban J connectivity index is 2.43. The summed E-state index contributed by atoms with van der Waals surface area (Å²) in [6.07, 6.45) is -0.537. The van der Waals surface area contributed by atoms with Gasteiger partial charge >= 0.3 is 5.97 Å². The second-order valence-corrected chi connectivity index (χ2v) is 6.92. The summed E-state index contributed by atoms with van der Waals surface area (Å²) >= 11 is 0. The number of carbonyl (C=O) groups is 2. The largest absolute Gasteiger partial charge is 0.439 e. The second kappa shape index (κ2) is 5.51. The first-order valence-electron chi connectivity index (χ1n) is 7.31. The van der Waals surface area contributed by atoms with Gasteiger partial charge in [-0.05, 0) is 18.1 Å². The van der Waals surface area contributed by atoms with Crippen LogP contribution in [0.2, 0.25) is 0 Å². The molecule has 1 aliphatic rings. The maximum Gasteiger partial charge on any atom is 0.331 e. The monoisotopic (exact) mass is 289 g/mol. The fourth-order valence-electron chi connectivity index (χ4n) is 2.65. The summed E-state index contributed by atoms with van der Waals surface area (Å²) in [5.74, 6) is -0.452. The first-order valence-corrected chi connectivity index (χ1v) is 7.31. The maximum absolute atomic E-state index is 12.9. The molecule has 0 bridgehead atoms. The van der Waals surface area contributed by atoms with E-state index in [1.165, 1.54) is 0 Å². The number of nitrogens with zero attached hydrogens (tertiary/aromatic N) is 1. The van der Waals surface area contributed by atoms with Crippen LogP contribution in [0.3, 0.4) is 0 Å². The Morgan fingerprint density at radius 3 is 2.24 bits per heavy atom. The van der Waals surface area contributed by atoms with Crippen LogP contribution in [-0.2, 0) is 9.53 Å². The first kappa shape index (κ1) is 15.5. The normalized spacial score (nSPS) is 22.6. The number of hydrogen-bond donors (Lipinski definition) is 0. The van der Waals surface area contributed by atoms with Crippen molar-refractivity contribution < 1.29 is 14.3 Å². The van der Waals surface area contributed by atoms with Crippen molar-refractivity contribution in [2.45, 2.75) is 46.9 Å². The zero-order valence-corrected chi connectivity index (χ0v) is 13.3. The lowest BCUT2D eigenvalue weighted by Gasteiger charge is -2.35. The third-order valence-electron chi connectivity index (χ3n) is 3.65. The number of amides is 1. The van der Waals surface area contributed by atoms with Gasteiger partial charge in [-0.1, -0.05) is 52.8 Å². The molecule has 1 fully saturated rings. The second-order valence-electron chi connectivity index (χ2n) is 6.92. The minimum atomic E-state index is -0.537. The summed E-state index contributed by atoms with van der Waals surface area (Å²) in [5, 5.41) is 0. The Labute approximate surface area is 126 Å². The molecule has 1 amide bonds. The van der Waals surface area contributed by atoms with Gasteiger partial charge in [0.25, 0.3) is 5.91 Å². The number of carbonyl (C=O) groups excluding carboxylic acids is 2. The van der Waals surface area contributed by atoms with Gasteiger partial charge in [0.05, 0.1) is 0 Å². The van der Waals surface area contributed by atoms with Gasteiger partial charge < -0.3 is 4.74 Å². The van der Waals surface area contributed by atoms with E-state index in [1.807, 2.05) is 52.8 Å². The van der Waals surface area contributed by atoms with Crippen LogP contribution in [0.5, 0.6) is 0 Å². The predicted molar refractivity (Wildman–Crippen MR) is 80.6 cm³/mol. The first-order chi connectivity index (χ1) is 9.73. The van der Waals surface area contributed by atoms with E-state index in [1.54, 1.807) is 17.0 Å². The van der Waals surface area contributed by atoms with Crippen LogP contribution in [0.1, 0.15) is 45.0 Å². The molecular formula is C17H23NO3. The number of benzene rings is 1. The van der Waals surface area contributed by atoms with Crippen molar-refractivity contribution in [3.8, 4) is 0 Å². The van der Waals surface area contributed by atoms with Gasteiger partial charge in [0.2, 0.25) is 0 Å². The molecule has 21 heavy (non-hydrogen) atoms. The quantitative estimate of drug-likeness (QED) is 0.786. The molecule has 2 rings (SSSR count). The van der Waals surface area contributed by atoms with Crippen molar-refractivity contribution in [3.05, 3.63) is 35.9 Å². The van der Waals surface area contributed by atoms with Crippen LogP contribution in [0.4, 0.5) is 0 Å². The third kappa shape index (κ3) is 2.94. The van der Waals surface area contributed by atoms with Crippen molar-refractivity contribution in [1.82, 2.24) is 4.90 Å². The molecule has 1 heterocycles. The zero-order valence-electron chi connectivity index (χ0n) is 13.3. The highest BCUT2D eigenvalue weighted by atomic mass is 16.6. The number of cyclic esters (lactones) is 1. The van der Waals surface area contributed by atoms with Crippen molar-refractivity contribution in [3.63, 3.8) is 0 Å². The van der Waals surface area contributed by atoms with Gasteiger partial charge in [0.15, 0.2) is 6.23 Å². The van der Waals surface area contributed by atoms with Crippen LogP contribution in [0, 0.1) is 11.3 Å². The lowest BCUT2D eigenvalue weighted by Crippen LogP contribution is -2.49. The molecule has 0 saturated carbocycles. The topological polar surface area (TPSA) is 46.6 Å². The number of esters is 1. The van der Waals surface area contributed by atoms with Crippen molar-refractivity contribution >= 4 is 11.9 Å². The third-order valence-corrected chi connectivity index (χ3v) is 3.65. The number of ether oxygens (including phenoxy) is 1. The summed E-state index contributed by atoms with van der Waals surface area (Å²) in [4.78, 5) is 26.7. The average Bonchev–Trinajstić information content (AvgIpc) is 2.76. The highest BCUT2D eigenvalue weighted by Crippen LogP contribution is 2.35. The van der Waals surface area contributed by atoms with Crippen LogP contribution >= 0.6 is 0 Å². The molecule has 4 heteroatoms. The van der Waals surface area contributed by atoms with E-state index >= 15 is 0 Å². The summed E-state index contributed by atoms with van der Waals surface area (Å²) in [7, 11) is 0. The van der Waals surface area contributed by atoms with Crippen molar-refractivity contribution in [2.75, 3.05) is 0 Å². The fraction of sp³-hybridized carbons (Fsp3) is 0.529. The van der Waals surface area contributed by atoms with Gasteiger partial charge in [-0.25, -0.2) is 4.79 Å². The summed E-state index contributed by atoms with van der Waals surface area (Å²) in [6, 6.07) is 8.51. The molecular weight excluding hydrogens is 266 g/mol. The van der Waals surface area contributed by atoms with Crippen molar-refractivity contribution in [2.24, 2.45) is 11.3 Å². The standard InChI is InChI=1S/C17H23NO3/c1-11(2)13-15(20)21-16(17(3,4)5)18(13)14(19)12-9-7-6-8-10-12/h6-11,13,16H,1-5H3. The summed E-state index contributed by atoms with van der Waals surface area (Å²) in [5.41, 5.74) is 0.250. The van der Waals surface area contributed by atoms with E-state index in [9.17, 15) is 9.59 Å². The lowest BCUT2D eigenvalue weighted by atomic mass is 9.91. The van der Waals surface area contributed by atoms with E-state index < -0.39 is 12.3 Å². The Hall–Kier alpha value is -1.84. The van der Waals surface area contributed by atoms with Gasteiger partial charge in [0.1, 0.15) is 6.04 Å². The van der Waals surface area contributed by atoms with E-state index in [2.05, 4.69) is 0 Å². The fourth-order valence-corrected chi connectivity index (χ4v) is 2.65. The molecule has 0 spiro atoms. The van der Waals surface area contributed by atoms with Crippen LogP contribution < -0.4 is 0 Å². The van der Waals surface area contributed by atoms with Crippen LogP contribution in [-0.4, -0.2) is 29.0 Å². The average molecular weight is 289 g/mol. The Morgan fingerprint density at radius 1 is 1.19 bits per heavy atom. The van der Waals surface area contributed by atoms with Crippen LogP contribution in [0.15, 0.2) is 30.3 Å². The van der Waals surface area contributed by atoms with E-state index in [0.717, 1.165) is 0 Å². The Kier molecular flexibility index (Phi) is 4.08. The molecule has 2 atom stereocenters. The van der Waals surface area contributed by atoms with Gasteiger partial charge in [-0.15, -0.1) is 0 Å². The number of hydrogen-bond acceptors (Lipinski definition) is 3. The van der Waals surface area contributed by atoms with Crippen LogP contribution in [0.25, 0.3) is 0 Å². The molecule has 1 aliphatic heterocycles. The molecule has 4 nitrogen and oxygen atoms in total. The molecule has 2 unspecified atom stereocenters. The summed E-state index contributed by atoms with van der Waals surface area (Å²) < 4.78 is 5.52. The smallest absolute Gasteiger partial charge is 0.331 e. The molecule has 0 radical (unpaired) electrons. The highest BCUT2D eigenvalue weighted by molar-refractivity contribution is 5.98. The lowest BCUT2D eigenvalue weighted by molar-refractivity contribution is -0.147. The molecule has 114 valence electrons. The SMILES string of the molecule is CC(C)C1C(=O)OC(C(C)(C)C)N1C(=O)c1ccccc1. The molecule has 0 aliphatic carbocycles. The Bertz CT molecular complexity index is 531. The van der Waals surface area contributed by atoms with E-state index in [4.69, 9.17) is 4.74 Å². The van der Waals surface area contributed by atoms with Crippen molar-refractivity contribution in [1.29, 1.82) is 0 Å². The molecule has 0 N–H and O–H groups in total. The molecule has 1 aromatic rings.